The number of anilines is 1. The molecule has 0 atom stereocenters. The van der Waals surface area contributed by atoms with Gasteiger partial charge in [-0.15, -0.1) is 0 Å². The third-order valence-electron chi connectivity index (χ3n) is 4.60. The number of carbonyl (C=O) groups is 3. The predicted octanol–water partition coefficient (Wildman–Crippen LogP) is 2.69. The van der Waals surface area contributed by atoms with Gasteiger partial charge in [0.2, 0.25) is 5.91 Å². The van der Waals surface area contributed by atoms with Gasteiger partial charge in [-0.05, 0) is 30.2 Å². The quantitative estimate of drug-likeness (QED) is 0.737. The Kier molecular flexibility index (Phi) is 7.13. The smallest absolute Gasteiger partial charge is 0.340 e. The number of urea groups is 1. The first-order valence-corrected chi connectivity index (χ1v) is 9.88. The molecule has 0 spiro atoms. The number of halogens is 1. The average molecular weight is 431 g/mol. The molecule has 0 aromatic heterocycles. The number of hydrazine groups is 1. The minimum atomic E-state index is -0.475. The van der Waals surface area contributed by atoms with Crippen LogP contribution < -0.4 is 15.4 Å². The van der Waals surface area contributed by atoms with Crippen molar-refractivity contribution in [2.45, 2.75) is 12.8 Å². The summed E-state index contributed by atoms with van der Waals surface area (Å²) in [6.45, 7) is 0.599. The van der Waals surface area contributed by atoms with Gasteiger partial charge in [-0.25, -0.2) is 14.8 Å². The van der Waals surface area contributed by atoms with Crippen LogP contribution in [0.15, 0.2) is 48.5 Å². The summed E-state index contributed by atoms with van der Waals surface area (Å²) in [4.78, 5) is 37.4. The summed E-state index contributed by atoms with van der Waals surface area (Å²) in [5.41, 5.74) is 1.27. The Labute approximate surface area is 179 Å². The Hall–Kier alpha value is -3.26. The second-order valence-electron chi connectivity index (χ2n) is 6.71. The zero-order chi connectivity index (χ0) is 21.5. The van der Waals surface area contributed by atoms with Crippen molar-refractivity contribution in [2.75, 3.05) is 32.1 Å². The van der Waals surface area contributed by atoms with Crippen molar-refractivity contribution in [1.82, 2.24) is 15.3 Å². The minimum absolute atomic E-state index is 0.185. The van der Waals surface area contributed by atoms with Crippen molar-refractivity contribution in [1.29, 1.82) is 0 Å². The first-order valence-electron chi connectivity index (χ1n) is 9.51. The number of benzene rings is 2. The van der Waals surface area contributed by atoms with Gasteiger partial charge >= 0.3 is 6.03 Å². The van der Waals surface area contributed by atoms with Gasteiger partial charge in [-0.2, -0.15) is 0 Å². The number of amides is 4. The molecular formula is C21H23ClN4O4. The number of hydrogen-bond donors (Lipinski definition) is 2. The van der Waals surface area contributed by atoms with Crippen molar-refractivity contribution in [3.05, 3.63) is 59.1 Å². The van der Waals surface area contributed by atoms with E-state index in [2.05, 4.69) is 10.6 Å². The van der Waals surface area contributed by atoms with E-state index in [4.69, 9.17) is 16.3 Å². The lowest BCUT2D eigenvalue weighted by atomic mass is 10.1. The van der Waals surface area contributed by atoms with E-state index in [0.29, 0.717) is 36.0 Å². The van der Waals surface area contributed by atoms with E-state index in [-0.39, 0.29) is 24.8 Å². The molecule has 0 saturated carbocycles. The molecule has 0 unspecified atom stereocenters. The molecule has 1 fully saturated rings. The summed E-state index contributed by atoms with van der Waals surface area (Å²) in [6, 6.07) is 13.7. The molecule has 0 radical (unpaired) electrons. The van der Waals surface area contributed by atoms with Gasteiger partial charge in [0.25, 0.3) is 5.91 Å². The molecule has 30 heavy (non-hydrogen) atoms. The fraction of sp³-hybridized carbons (Fsp3) is 0.286. The van der Waals surface area contributed by atoms with E-state index >= 15 is 0 Å². The number of methoxy groups -OCH3 is 1. The molecule has 2 aromatic carbocycles. The van der Waals surface area contributed by atoms with Crippen molar-refractivity contribution < 1.29 is 19.1 Å². The summed E-state index contributed by atoms with van der Waals surface area (Å²) < 4.78 is 5.23. The number of rotatable bonds is 6. The maximum atomic E-state index is 12.7. The number of nitrogens with zero attached hydrogens (tertiary/aromatic N) is 2. The summed E-state index contributed by atoms with van der Waals surface area (Å²) in [7, 11) is 1.49. The van der Waals surface area contributed by atoms with Gasteiger partial charge in [0.1, 0.15) is 5.75 Å². The molecular weight excluding hydrogens is 408 g/mol. The van der Waals surface area contributed by atoms with Crippen LogP contribution in [0, 0.1) is 0 Å². The van der Waals surface area contributed by atoms with Crippen LogP contribution in [0.5, 0.6) is 5.75 Å². The van der Waals surface area contributed by atoms with Crippen LogP contribution in [0.2, 0.25) is 5.02 Å². The molecule has 0 aliphatic carbocycles. The van der Waals surface area contributed by atoms with Gasteiger partial charge in [0, 0.05) is 18.1 Å². The normalized spacial score (nSPS) is 13.1. The molecule has 2 aromatic rings. The van der Waals surface area contributed by atoms with E-state index in [1.54, 1.807) is 18.2 Å². The number of hydrogen-bond acceptors (Lipinski definition) is 4. The fourth-order valence-corrected chi connectivity index (χ4v) is 3.32. The molecule has 0 bridgehead atoms. The number of carbonyl (C=O) groups excluding carboxylic acids is 3. The fourth-order valence-electron chi connectivity index (χ4n) is 3.15. The SMILES string of the molecule is COc1ccc(Cl)cc1NC(=O)N1CCCN1C(=O)CNC(=O)Cc1ccccc1. The van der Waals surface area contributed by atoms with E-state index in [1.165, 1.54) is 17.1 Å². The highest BCUT2D eigenvalue weighted by Gasteiger charge is 2.31. The lowest BCUT2D eigenvalue weighted by Crippen LogP contribution is -2.50. The molecule has 1 aliphatic heterocycles. The topological polar surface area (TPSA) is 91.0 Å². The third kappa shape index (κ3) is 5.42. The molecule has 4 amide bonds. The van der Waals surface area contributed by atoms with Gasteiger partial charge in [-0.1, -0.05) is 41.9 Å². The van der Waals surface area contributed by atoms with E-state index in [1.807, 2.05) is 30.3 Å². The van der Waals surface area contributed by atoms with Crippen molar-refractivity contribution in [3.63, 3.8) is 0 Å². The second kappa shape index (κ2) is 9.98. The van der Waals surface area contributed by atoms with Crippen LogP contribution in [0.3, 0.4) is 0 Å². The summed E-state index contributed by atoms with van der Waals surface area (Å²) >= 11 is 6.00. The molecule has 9 heteroatoms. The Balaban J connectivity index is 1.56. The summed E-state index contributed by atoms with van der Waals surface area (Å²) in [5.74, 6) is -0.159. The third-order valence-corrected chi connectivity index (χ3v) is 4.84. The molecule has 8 nitrogen and oxygen atoms in total. The second-order valence-corrected chi connectivity index (χ2v) is 7.14. The number of nitrogens with one attached hydrogen (secondary N) is 2. The lowest BCUT2D eigenvalue weighted by Gasteiger charge is -2.28. The standard InChI is InChI=1S/C21H23ClN4O4/c1-30-18-9-8-16(22)13-17(18)24-21(29)26-11-5-10-25(26)20(28)14-23-19(27)12-15-6-3-2-4-7-15/h2-4,6-9,13H,5,10-12,14H2,1H3,(H,23,27)(H,24,29). The Morgan fingerprint density at radius 1 is 1.07 bits per heavy atom. The predicted molar refractivity (Wildman–Crippen MR) is 113 cm³/mol. The maximum absolute atomic E-state index is 12.7. The van der Waals surface area contributed by atoms with Crippen LogP contribution in [0.25, 0.3) is 0 Å². The van der Waals surface area contributed by atoms with Crippen LogP contribution in [-0.4, -0.2) is 54.6 Å². The Morgan fingerprint density at radius 2 is 1.80 bits per heavy atom. The molecule has 1 heterocycles. The van der Waals surface area contributed by atoms with Crippen LogP contribution in [0.4, 0.5) is 10.5 Å². The summed E-state index contributed by atoms with van der Waals surface area (Å²) in [6.07, 6.45) is 0.830. The molecule has 158 valence electrons. The van der Waals surface area contributed by atoms with Crippen LogP contribution in [-0.2, 0) is 16.0 Å². The highest BCUT2D eigenvalue weighted by molar-refractivity contribution is 6.31. The highest BCUT2D eigenvalue weighted by atomic mass is 35.5. The van der Waals surface area contributed by atoms with Crippen molar-refractivity contribution >= 4 is 35.1 Å². The van der Waals surface area contributed by atoms with Crippen LogP contribution in [0.1, 0.15) is 12.0 Å². The Bertz CT molecular complexity index is 922. The average Bonchev–Trinajstić information content (AvgIpc) is 3.23. The Morgan fingerprint density at radius 3 is 2.53 bits per heavy atom. The van der Waals surface area contributed by atoms with E-state index in [9.17, 15) is 14.4 Å². The first kappa shape index (κ1) is 21.4. The monoisotopic (exact) mass is 430 g/mol. The van der Waals surface area contributed by atoms with Crippen molar-refractivity contribution in [2.24, 2.45) is 0 Å². The zero-order valence-electron chi connectivity index (χ0n) is 16.6. The lowest BCUT2D eigenvalue weighted by molar-refractivity contribution is -0.140. The minimum Gasteiger partial charge on any atom is -0.495 e. The van der Waals surface area contributed by atoms with Gasteiger partial charge in [-0.3, -0.25) is 9.59 Å². The maximum Gasteiger partial charge on any atom is 0.340 e. The number of ether oxygens (including phenoxy) is 1. The van der Waals surface area contributed by atoms with Crippen molar-refractivity contribution in [3.8, 4) is 5.75 Å². The highest BCUT2D eigenvalue weighted by Crippen LogP contribution is 2.28. The van der Waals surface area contributed by atoms with Gasteiger partial charge in [0.05, 0.1) is 25.8 Å². The largest absolute Gasteiger partial charge is 0.495 e. The molecule has 2 N–H and O–H groups in total. The van der Waals surface area contributed by atoms with Gasteiger partial charge in [0.15, 0.2) is 0 Å². The molecule has 1 aliphatic rings. The van der Waals surface area contributed by atoms with E-state index in [0.717, 1.165) is 5.56 Å². The van der Waals surface area contributed by atoms with E-state index < -0.39 is 6.03 Å². The van der Waals surface area contributed by atoms with Gasteiger partial charge < -0.3 is 15.4 Å². The molecule has 1 saturated heterocycles. The first-order chi connectivity index (χ1) is 14.5. The summed E-state index contributed by atoms with van der Waals surface area (Å²) in [5, 5.41) is 8.45. The zero-order valence-corrected chi connectivity index (χ0v) is 17.3. The van der Waals surface area contributed by atoms with Crippen LogP contribution >= 0.6 is 11.6 Å². The molecule has 3 rings (SSSR count).